The molecule has 0 saturated heterocycles. The molecule has 118 valence electrons. The van der Waals surface area contributed by atoms with E-state index in [-0.39, 0.29) is 5.57 Å². The fraction of sp³-hybridized carbons (Fsp3) is 0.667. The molecule has 2 atom stereocenters. The van der Waals surface area contributed by atoms with Crippen molar-refractivity contribution in [2.75, 3.05) is 6.61 Å². The average molecular weight is 518 g/mol. The van der Waals surface area contributed by atoms with E-state index in [4.69, 9.17) is 9.84 Å². The maximum atomic E-state index is 11.0. The van der Waals surface area contributed by atoms with E-state index in [0.29, 0.717) is 16.1 Å². The second kappa shape index (κ2) is 7.74. The van der Waals surface area contributed by atoms with Crippen molar-refractivity contribution in [3.63, 3.8) is 0 Å². The lowest BCUT2D eigenvalue weighted by Gasteiger charge is -2.34. The zero-order valence-electron chi connectivity index (χ0n) is 11.7. The SMILES string of the molecule is O=C(O)C1=CC(I)C(O)(OCCC2CCCCC2)C(I)=C1. The molecule has 0 heterocycles. The molecule has 6 heteroatoms. The molecule has 2 rings (SSSR count). The first kappa shape index (κ1) is 17.7. The van der Waals surface area contributed by atoms with E-state index < -0.39 is 15.7 Å². The van der Waals surface area contributed by atoms with Gasteiger partial charge in [-0.1, -0.05) is 60.8 Å². The Balaban J connectivity index is 1.92. The van der Waals surface area contributed by atoms with Crippen molar-refractivity contribution >= 4 is 51.2 Å². The number of halogens is 2. The van der Waals surface area contributed by atoms with Crippen LogP contribution < -0.4 is 0 Å². The third-order valence-electron chi connectivity index (χ3n) is 4.14. The van der Waals surface area contributed by atoms with Crippen LogP contribution in [0.5, 0.6) is 0 Å². The quantitative estimate of drug-likeness (QED) is 0.330. The summed E-state index contributed by atoms with van der Waals surface area (Å²) in [5.74, 6) is -1.67. The van der Waals surface area contributed by atoms with Crippen LogP contribution in [0.25, 0.3) is 0 Å². The normalized spacial score (nSPS) is 30.7. The summed E-state index contributed by atoms with van der Waals surface area (Å²) in [6.07, 6.45) is 10.4. The van der Waals surface area contributed by atoms with Crippen molar-refractivity contribution in [2.24, 2.45) is 5.92 Å². The Kier molecular flexibility index (Phi) is 6.52. The first-order valence-corrected chi connectivity index (χ1v) is 9.59. The Hall–Kier alpha value is 0.330. The van der Waals surface area contributed by atoms with Crippen molar-refractivity contribution in [2.45, 2.75) is 48.2 Å². The Morgan fingerprint density at radius 2 is 2.05 bits per heavy atom. The van der Waals surface area contributed by atoms with Crippen LogP contribution in [0.2, 0.25) is 0 Å². The van der Waals surface area contributed by atoms with E-state index in [0.717, 1.165) is 6.42 Å². The summed E-state index contributed by atoms with van der Waals surface area (Å²) >= 11 is 4.00. The van der Waals surface area contributed by atoms with Gasteiger partial charge in [-0.2, -0.15) is 0 Å². The van der Waals surface area contributed by atoms with Gasteiger partial charge in [0.2, 0.25) is 5.79 Å². The number of rotatable bonds is 5. The predicted molar refractivity (Wildman–Crippen MR) is 97.7 cm³/mol. The van der Waals surface area contributed by atoms with Gasteiger partial charge in [-0.05, 0) is 41.0 Å². The van der Waals surface area contributed by atoms with Gasteiger partial charge in [0.1, 0.15) is 0 Å². The molecule has 2 N–H and O–H groups in total. The average Bonchev–Trinajstić information content (AvgIpc) is 2.45. The predicted octanol–water partition coefficient (Wildman–Crippen LogP) is 3.81. The number of hydrogen-bond donors (Lipinski definition) is 2. The number of alkyl halides is 1. The Bertz CT molecular complexity index is 455. The van der Waals surface area contributed by atoms with Gasteiger partial charge in [0, 0.05) is 0 Å². The monoisotopic (exact) mass is 518 g/mol. The van der Waals surface area contributed by atoms with Crippen molar-refractivity contribution in [3.8, 4) is 0 Å². The first-order chi connectivity index (χ1) is 9.93. The maximum Gasteiger partial charge on any atom is 0.335 e. The van der Waals surface area contributed by atoms with Crippen LogP contribution in [0, 0.1) is 5.92 Å². The number of carboxylic acid groups (broad SMARTS) is 1. The van der Waals surface area contributed by atoms with Gasteiger partial charge in [0.05, 0.1) is 19.7 Å². The van der Waals surface area contributed by atoms with E-state index in [2.05, 4.69) is 0 Å². The number of carboxylic acids is 1. The van der Waals surface area contributed by atoms with E-state index in [1.807, 2.05) is 45.2 Å². The summed E-state index contributed by atoms with van der Waals surface area (Å²) in [6.45, 7) is 0.511. The number of aliphatic carboxylic acids is 1. The molecule has 0 radical (unpaired) electrons. The third-order valence-corrected chi connectivity index (χ3v) is 6.43. The minimum absolute atomic E-state index is 0.208. The highest BCUT2D eigenvalue weighted by Crippen LogP contribution is 2.39. The summed E-state index contributed by atoms with van der Waals surface area (Å²) in [6, 6.07) is 0. The van der Waals surface area contributed by atoms with E-state index in [9.17, 15) is 9.90 Å². The van der Waals surface area contributed by atoms with Crippen LogP contribution in [0.3, 0.4) is 0 Å². The summed E-state index contributed by atoms with van der Waals surface area (Å²) in [7, 11) is 0. The summed E-state index contributed by atoms with van der Waals surface area (Å²) in [5, 5.41) is 19.7. The zero-order valence-corrected chi connectivity index (χ0v) is 16.0. The minimum Gasteiger partial charge on any atom is -0.478 e. The van der Waals surface area contributed by atoms with Gasteiger partial charge in [0.25, 0.3) is 0 Å². The van der Waals surface area contributed by atoms with Crippen molar-refractivity contribution in [3.05, 3.63) is 21.3 Å². The molecule has 0 aromatic heterocycles. The lowest BCUT2D eigenvalue weighted by Crippen LogP contribution is -2.43. The van der Waals surface area contributed by atoms with Crippen LogP contribution in [0.1, 0.15) is 38.5 Å². The molecule has 0 aromatic carbocycles. The highest BCUT2D eigenvalue weighted by molar-refractivity contribution is 14.1. The van der Waals surface area contributed by atoms with E-state index in [1.165, 1.54) is 38.2 Å². The Morgan fingerprint density at radius 1 is 1.38 bits per heavy atom. The highest BCUT2D eigenvalue weighted by Gasteiger charge is 2.41. The van der Waals surface area contributed by atoms with Crippen molar-refractivity contribution in [1.82, 2.24) is 0 Å². The lowest BCUT2D eigenvalue weighted by molar-refractivity contribution is -0.162. The number of carbonyl (C=O) groups is 1. The molecule has 2 aliphatic rings. The number of ether oxygens (including phenoxy) is 1. The molecule has 0 aliphatic heterocycles. The summed E-state index contributed by atoms with van der Waals surface area (Å²) in [4.78, 5) is 11.0. The fourth-order valence-corrected chi connectivity index (χ4v) is 5.15. The van der Waals surface area contributed by atoms with Crippen molar-refractivity contribution in [1.29, 1.82) is 0 Å². The molecule has 1 fully saturated rings. The van der Waals surface area contributed by atoms with Gasteiger partial charge < -0.3 is 14.9 Å². The van der Waals surface area contributed by atoms with Crippen LogP contribution in [-0.2, 0) is 9.53 Å². The molecule has 2 aliphatic carbocycles. The summed E-state index contributed by atoms with van der Waals surface area (Å²) in [5.41, 5.74) is 0.208. The molecule has 21 heavy (non-hydrogen) atoms. The number of aliphatic hydroxyl groups is 1. The maximum absolute atomic E-state index is 11.0. The second-order valence-corrected chi connectivity index (χ2v) is 8.16. The highest BCUT2D eigenvalue weighted by atomic mass is 127. The topological polar surface area (TPSA) is 66.8 Å². The van der Waals surface area contributed by atoms with E-state index >= 15 is 0 Å². The Morgan fingerprint density at radius 3 is 2.62 bits per heavy atom. The van der Waals surface area contributed by atoms with Gasteiger partial charge in [0.15, 0.2) is 0 Å². The molecule has 0 aromatic rings. The smallest absolute Gasteiger partial charge is 0.335 e. The second-order valence-electron chi connectivity index (χ2n) is 5.66. The molecule has 0 bridgehead atoms. The molecular formula is C15H20I2O4. The standard InChI is InChI=1S/C15H20I2O4/c16-12-8-11(14(18)19)9-13(17)15(12,20)21-7-6-10-4-2-1-3-5-10/h8-10,12,20H,1-7H2,(H,18,19). The van der Waals surface area contributed by atoms with Crippen LogP contribution >= 0.6 is 45.2 Å². The van der Waals surface area contributed by atoms with E-state index in [1.54, 1.807) is 6.08 Å². The van der Waals surface area contributed by atoms with Crippen LogP contribution in [-0.4, -0.2) is 32.5 Å². The largest absolute Gasteiger partial charge is 0.478 e. The third kappa shape index (κ3) is 4.42. The Labute approximate surface area is 152 Å². The van der Waals surface area contributed by atoms with Gasteiger partial charge in [-0.3, -0.25) is 0 Å². The van der Waals surface area contributed by atoms with Gasteiger partial charge in [-0.25, -0.2) is 4.79 Å². The molecule has 0 spiro atoms. The van der Waals surface area contributed by atoms with Gasteiger partial charge >= 0.3 is 5.97 Å². The zero-order chi connectivity index (χ0) is 15.5. The summed E-state index contributed by atoms with van der Waals surface area (Å²) < 4.78 is 5.89. The van der Waals surface area contributed by atoms with Gasteiger partial charge in [-0.15, -0.1) is 0 Å². The van der Waals surface area contributed by atoms with Crippen LogP contribution in [0.4, 0.5) is 0 Å². The molecule has 0 amide bonds. The minimum atomic E-state index is -1.39. The van der Waals surface area contributed by atoms with Crippen molar-refractivity contribution < 1.29 is 19.7 Å². The fourth-order valence-electron chi connectivity index (χ4n) is 2.83. The molecule has 1 saturated carbocycles. The molecule has 2 unspecified atom stereocenters. The van der Waals surface area contributed by atoms with Crippen LogP contribution in [0.15, 0.2) is 21.3 Å². The number of hydrogen-bond acceptors (Lipinski definition) is 3. The first-order valence-electron chi connectivity index (χ1n) is 7.26. The lowest BCUT2D eigenvalue weighted by atomic mass is 9.87. The molecular weight excluding hydrogens is 498 g/mol. The molecule has 4 nitrogen and oxygen atoms in total.